The van der Waals surface area contributed by atoms with Crippen LogP contribution in [0.2, 0.25) is 0 Å². The van der Waals surface area contributed by atoms with E-state index in [1.807, 2.05) is 11.3 Å². The van der Waals surface area contributed by atoms with Gasteiger partial charge in [-0.15, -0.1) is 11.3 Å². The topological polar surface area (TPSA) is 3.24 Å². The maximum absolute atomic E-state index is 2.52. The molecule has 0 saturated heterocycles. The van der Waals surface area contributed by atoms with Crippen LogP contribution in [0.1, 0.15) is 69.1 Å². The summed E-state index contributed by atoms with van der Waals surface area (Å²) in [6.07, 6.45) is 8.73. The van der Waals surface area contributed by atoms with Crippen molar-refractivity contribution in [1.82, 2.24) is 0 Å². The average Bonchev–Trinajstić information content (AvgIpc) is 3.73. The Morgan fingerprint density at radius 2 is 1.11 bits per heavy atom. The van der Waals surface area contributed by atoms with E-state index >= 15 is 0 Å². The molecule has 5 aliphatic carbocycles. The Hall–Kier alpha value is -5.44. The summed E-state index contributed by atoms with van der Waals surface area (Å²) in [6.45, 7) is 4.85. The van der Waals surface area contributed by atoms with Gasteiger partial charge in [0.2, 0.25) is 0 Å². The van der Waals surface area contributed by atoms with Crippen LogP contribution in [0.5, 0.6) is 0 Å². The molecule has 8 aromatic rings. The molecule has 1 aromatic heterocycles. The monoisotopic (exact) mass is 753 g/mol. The first-order chi connectivity index (χ1) is 27.9. The molecule has 0 N–H and O–H groups in total. The molecule has 4 bridgehead atoms. The van der Waals surface area contributed by atoms with E-state index in [0.717, 1.165) is 17.8 Å². The minimum Gasteiger partial charge on any atom is -0.308 e. The van der Waals surface area contributed by atoms with Crippen molar-refractivity contribution in [3.8, 4) is 33.4 Å². The van der Waals surface area contributed by atoms with Crippen LogP contribution in [-0.4, -0.2) is 0 Å². The fourth-order valence-corrected chi connectivity index (χ4v) is 13.6. The van der Waals surface area contributed by atoms with Gasteiger partial charge in [0.05, 0.1) is 16.1 Å². The van der Waals surface area contributed by atoms with Crippen LogP contribution in [0.15, 0.2) is 158 Å². The van der Waals surface area contributed by atoms with E-state index in [4.69, 9.17) is 0 Å². The van der Waals surface area contributed by atoms with Crippen molar-refractivity contribution in [2.45, 2.75) is 63.2 Å². The highest BCUT2D eigenvalue weighted by Crippen LogP contribution is 2.61. The largest absolute Gasteiger partial charge is 0.308 e. The Balaban J connectivity index is 0.955. The van der Waals surface area contributed by atoms with E-state index in [9.17, 15) is 0 Å². The minimum absolute atomic E-state index is 0.163. The van der Waals surface area contributed by atoms with Crippen molar-refractivity contribution in [3.05, 3.63) is 174 Å². The van der Waals surface area contributed by atoms with Crippen LogP contribution >= 0.6 is 11.3 Å². The molecule has 0 amide bonds. The highest BCUT2D eigenvalue weighted by molar-refractivity contribution is 7.26. The molecular weight excluding hydrogens is 707 g/mol. The summed E-state index contributed by atoms with van der Waals surface area (Å²) in [5, 5.41) is 2.63. The quantitative estimate of drug-likeness (QED) is 0.163. The lowest BCUT2D eigenvalue weighted by molar-refractivity contribution is -0.00518. The van der Waals surface area contributed by atoms with Crippen molar-refractivity contribution in [1.29, 1.82) is 0 Å². The second-order valence-electron chi connectivity index (χ2n) is 18.4. The summed E-state index contributed by atoms with van der Waals surface area (Å²) < 4.78 is 2.63. The number of fused-ring (bicyclic) bond motifs is 6. The number of para-hydroxylation sites is 1. The molecule has 0 spiro atoms. The van der Waals surface area contributed by atoms with Gasteiger partial charge >= 0.3 is 0 Å². The average molecular weight is 754 g/mol. The Bertz CT molecular complexity index is 2820. The van der Waals surface area contributed by atoms with Gasteiger partial charge in [-0.25, -0.2) is 0 Å². The van der Waals surface area contributed by atoms with Crippen LogP contribution in [0.25, 0.3) is 53.6 Å². The molecule has 278 valence electrons. The van der Waals surface area contributed by atoms with Gasteiger partial charge in [0.25, 0.3) is 0 Å². The molecule has 4 saturated carbocycles. The highest BCUT2D eigenvalue weighted by Gasteiger charge is 2.51. The van der Waals surface area contributed by atoms with Gasteiger partial charge in [-0.05, 0) is 143 Å². The molecule has 13 rings (SSSR count). The standard InChI is InChI=1S/C55H47NS/c1-54(2)48-30-40(38-19-22-41(23-20-38)55-32-35-27-36(33-55)29-37(28-35)34-55)21-25-44(48)45-26-24-42(31-49(45)54)56(50-16-8-6-13-43(50)39-11-4-3-5-12-39)51-17-10-15-47-46-14-7-9-18-52(46)57-53(47)51/h3-26,30-31,35-37H,27-29,32-34H2,1-2H3. The summed E-state index contributed by atoms with van der Waals surface area (Å²) in [5.74, 6) is 2.90. The molecule has 1 heterocycles. The van der Waals surface area contributed by atoms with Crippen molar-refractivity contribution in [2.75, 3.05) is 4.90 Å². The molecule has 5 aliphatic rings. The predicted octanol–water partition coefficient (Wildman–Crippen LogP) is 15.6. The Labute approximate surface area is 340 Å². The zero-order chi connectivity index (χ0) is 37.9. The molecule has 0 aliphatic heterocycles. The number of hydrogen-bond acceptors (Lipinski definition) is 2. The number of benzene rings is 7. The number of nitrogens with zero attached hydrogens (tertiary/aromatic N) is 1. The van der Waals surface area contributed by atoms with Crippen LogP contribution in [0, 0.1) is 17.8 Å². The molecule has 7 aromatic carbocycles. The molecule has 2 heteroatoms. The lowest BCUT2D eigenvalue weighted by Gasteiger charge is -2.57. The first-order valence-corrected chi connectivity index (χ1v) is 22.0. The Morgan fingerprint density at radius 1 is 0.491 bits per heavy atom. The van der Waals surface area contributed by atoms with Crippen LogP contribution in [0.3, 0.4) is 0 Å². The van der Waals surface area contributed by atoms with Gasteiger partial charge in [-0.2, -0.15) is 0 Å². The summed E-state index contributed by atoms with van der Waals surface area (Å²) in [7, 11) is 0. The fraction of sp³-hybridized carbons (Fsp3) is 0.236. The number of thiophene rings is 1. The third kappa shape index (κ3) is 5.19. The Morgan fingerprint density at radius 3 is 1.88 bits per heavy atom. The van der Waals surface area contributed by atoms with E-state index in [0.29, 0.717) is 5.41 Å². The summed E-state index contributed by atoms with van der Waals surface area (Å²) in [4.78, 5) is 2.52. The van der Waals surface area contributed by atoms with Gasteiger partial charge in [-0.1, -0.05) is 135 Å². The lowest BCUT2D eigenvalue weighted by atomic mass is 9.48. The third-order valence-electron chi connectivity index (χ3n) is 14.6. The summed E-state index contributed by atoms with van der Waals surface area (Å²) in [6, 6.07) is 59.8. The molecular formula is C55H47NS. The first kappa shape index (κ1) is 33.7. The minimum atomic E-state index is -0.163. The van der Waals surface area contributed by atoms with Gasteiger partial charge in [0, 0.05) is 32.1 Å². The normalized spacial score (nSPS) is 22.5. The molecule has 57 heavy (non-hydrogen) atoms. The van der Waals surface area contributed by atoms with E-state index in [-0.39, 0.29) is 5.41 Å². The second kappa shape index (κ2) is 12.5. The molecule has 1 nitrogen and oxygen atoms in total. The van der Waals surface area contributed by atoms with Gasteiger partial charge in [0.15, 0.2) is 0 Å². The van der Waals surface area contributed by atoms with E-state index in [2.05, 4.69) is 176 Å². The van der Waals surface area contributed by atoms with Crippen LogP contribution in [0.4, 0.5) is 17.1 Å². The molecule has 0 unspecified atom stereocenters. The van der Waals surface area contributed by atoms with E-state index < -0.39 is 0 Å². The Kier molecular flexibility index (Phi) is 7.40. The molecule has 0 atom stereocenters. The predicted molar refractivity (Wildman–Crippen MR) is 242 cm³/mol. The number of rotatable bonds is 6. The highest BCUT2D eigenvalue weighted by atomic mass is 32.1. The zero-order valence-electron chi connectivity index (χ0n) is 32.8. The first-order valence-electron chi connectivity index (χ1n) is 21.2. The summed E-state index contributed by atoms with van der Waals surface area (Å²) in [5.41, 5.74) is 16.1. The van der Waals surface area contributed by atoms with Crippen LogP contribution < -0.4 is 4.90 Å². The zero-order valence-corrected chi connectivity index (χ0v) is 33.7. The van der Waals surface area contributed by atoms with E-state index in [1.54, 1.807) is 5.56 Å². The van der Waals surface area contributed by atoms with Crippen molar-refractivity contribution in [2.24, 2.45) is 17.8 Å². The molecule has 4 fully saturated rings. The lowest BCUT2D eigenvalue weighted by Crippen LogP contribution is -2.48. The van der Waals surface area contributed by atoms with Crippen molar-refractivity contribution >= 4 is 48.6 Å². The van der Waals surface area contributed by atoms with Crippen LogP contribution in [-0.2, 0) is 10.8 Å². The van der Waals surface area contributed by atoms with Gasteiger partial charge < -0.3 is 4.90 Å². The third-order valence-corrected chi connectivity index (χ3v) is 15.8. The maximum Gasteiger partial charge on any atom is 0.0640 e. The smallest absolute Gasteiger partial charge is 0.0640 e. The van der Waals surface area contributed by atoms with Gasteiger partial charge in [0.1, 0.15) is 0 Å². The SMILES string of the molecule is CC1(C)c2cc(-c3ccc(C45CC6CC(CC(C6)C4)C5)cc3)ccc2-c2ccc(N(c3ccccc3-c3ccccc3)c3cccc4c3sc3ccccc34)cc21. The maximum atomic E-state index is 2.52. The number of hydrogen-bond donors (Lipinski definition) is 0. The second-order valence-corrected chi connectivity index (χ2v) is 19.4. The van der Waals surface area contributed by atoms with Crippen molar-refractivity contribution < 1.29 is 0 Å². The van der Waals surface area contributed by atoms with E-state index in [1.165, 1.54) is 120 Å². The van der Waals surface area contributed by atoms with Crippen molar-refractivity contribution in [3.63, 3.8) is 0 Å². The fourth-order valence-electron chi connectivity index (χ4n) is 12.4. The summed E-state index contributed by atoms with van der Waals surface area (Å²) >= 11 is 1.90. The van der Waals surface area contributed by atoms with Gasteiger partial charge in [-0.3, -0.25) is 0 Å². The number of anilines is 3. The molecule has 0 radical (unpaired) electrons.